The van der Waals surface area contributed by atoms with Crippen molar-refractivity contribution >= 4 is 23.2 Å². The third kappa shape index (κ3) is 3.31. The van der Waals surface area contributed by atoms with Crippen LogP contribution in [0.2, 0.25) is 5.02 Å². The first-order chi connectivity index (χ1) is 11.4. The molecule has 3 rings (SSSR count). The zero-order chi connectivity index (χ0) is 17.2. The summed E-state index contributed by atoms with van der Waals surface area (Å²) in [7, 11) is 0. The first-order valence-electron chi connectivity index (χ1n) is 7.81. The summed E-state index contributed by atoms with van der Waals surface area (Å²) in [5.41, 5.74) is -0.789. The second kappa shape index (κ2) is 6.32. The molecule has 3 nitrogen and oxygen atoms in total. The summed E-state index contributed by atoms with van der Waals surface area (Å²) in [4.78, 5) is 12.7. The summed E-state index contributed by atoms with van der Waals surface area (Å²) < 4.78 is 0. The summed E-state index contributed by atoms with van der Waals surface area (Å²) in [5, 5.41) is 14.3. The molecule has 0 aromatic heterocycles. The molecule has 0 bridgehead atoms. The number of halogens is 1. The highest BCUT2D eigenvalue weighted by Gasteiger charge is 2.61. The number of nitrogens with one attached hydrogen (secondary N) is 1. The highest BCUT2D eigenvalue weighted by atomic mass is 35.5. The van der Waals surface area contributed by atoms with Crippen molar-refractivity contribution in [2.45, 2.75) is 25.4 Å². The Morgan fingerprint density at radius 3 is 2.38 bits per heavy atom. The molecule has 4 heteroatoms. The minimum atomic E-state index is -1.39. The van der Waals surface area contributed by atoms with Crippen LogP contribution in [0.4, 0.5) is 5.69 Å². The molecule has 0 heterocycles. The lowest BCUT2D eigenvalue weighted by atomic mass is 9.85. The molecule has 1 aliphatic carbocycles. The summed E-state index contributed by atoms with van der Waals surface area (Å²) in [6.45, 7) is 1.61. The lowest BCUT2D eigenvalue weighted by molar-refractivity contribution is -0.127. The monoisotopic (exact) mass is 339 g/mol. The Morgan fingerprint density at radius 1 is 1.17 bits per heavy atom. The number of hydrogen-bond donors (Lipinski definition) is 2. The van der Waals surface area contributed by atoms with Crippen molar-refractivity contribution in [2.75, 3.05) is 5.32 Å². The summed E-state index contributed by atoms with van der Waals surface area (Å²) in [5.74, 6) is 5.63. The maximum Gasteiger partial charge on any atom is 0.234 e. The van der Waals surface area contributed by atoms with Gasteiger partial charge in [-0.05, 0) is 56.2 Å². The van der Waals surface area contributed by atoms with Crippen LogP contribution < -0.4 is 5.32 Å². The predicted molar refractivity (Wildman–Crippen MR) is 95.7 cm³/mol. The Bertz CT molecular complexity index is 797. The number of benzene rings is 2. The lowest BCUT2D eigenvalue weighted by Crippen LogP contribution is -2.43. The van der Waals surface area contributed by atoms with Gasteiger partial charge in [-0.25, -0.2) is 0 Å². The van der Waals surface area contributed by atoms with Gasteiger partial charge in [-0.2, -0.15) is 0 Å². The van der Waals surface area contributed by atoms with Crippen molar-refractivity contribution in [2.24, 2.45) is 5.41 Å². The van der Waals surface area contributed by atoms with Gasteiger partial charge in [-0.15, -0.1) is 0 Å². The fourth-order valence-electron chi connectivity index (χ4n) is 2.68. The molecular formula is C20H18ClNO2. The van der Waals surface area contributed by atoms with Gasteiger partial charge in [-0.3, -0.25) is 4.79 Å². The normalized spacial score (nSPS) is 17.1. The predicted octanol–water partition coefficient (Wildman–Crippen LogP) is 3.86. The topological polar surface area (TPSA) is 49.3 Å². The van der Waals surface area contributed by atoms with E-state index in [0.29, 0.717) is 23.6 Å². The second-order valence-corrected chi connectivity index (χ2v) is 6.67. The molecule has 2 N–H and O–H groups in total. The third-order valence-electron chi connectivity index (χ3n) is 4.44. The first kappa shape index (κ1) is 16.6. The van der Waals surface area contributed by atoms with Crippen LogP contribution >= 0.6 is 11.6 Å². The van der Waals surface area contributed by atoms with E-state index in [2.05, 4.69) is 17.2 Å². The van der Waals surface area contributed by atoms with Crippen molar-refractivity contribution in [3.8, 4) is 11.8 Å². The van der Waals surface area contributed by atoms with Gasteiger partial charge in [0.25, 0.3) is 0 Å². The minimum absolute atomic E-state index is 0.211. The molecule has 1 unspecified atom stereocenters. The van der Waals surface area contributed by atoms with Gasteiger partial charge in [0, 0.05) is 16.3 Å². The number of aliphatic hydroxyl groups is 1. The first-order valence-corrected chi connectivity index (χ1v) is 8.18. The Morgan fingerprint density at radius 2 is 1.79 bits per heavy atom. The fraction of sp³-hybridized carbons (Fsp3) is 0.250. The number of amides is 1. The summed E-state index contributed by atoms with van der Waals surface area (Å²) in [6.07, 6.45) is 1.23. The molecule has 1 saturated carbocycles. The standard InChI is InChI=1S/C20H18ClNO2/c1-19(24,12-11-15-5-3-2-4-6-15)20(13-14-20)18(23)22-17-9-7-16(21)8-10-17/h2-10,24H,13-14H2,1H3,(H,22,23). The van der Waals surface area contributed by atoms with Crippen LogP contribution in [0, 0.1) is 17.3 Å². The number of carbonyl (C=O) groups is 1. The van der Waals surface area contributed by atoms with Crippen molar-refractivity contribution in [1.82, 2.24) is 0 Å². The highest BCUT2D eigenvalue weighted by Crippen LogP contribution is 2.54. The molecule has 24 heavy (non-hydrogen) atoms. The number of anilines is 1. The minimum Gasteiger partial charge on any atom is -0.377 e. The van der Waals surface area contributed by atoms with Crippen LogP contribution in [0.5, 0.6) is 0 Å². The Labute approximate surface area is 146 Å². The van der Waals surface area contributed by atoms with E-state index in [-0.39, 0.29) is 5.91 Å². The van der Waals surface area contributed by atoms with Gasteiger partial charge in [0.05, 0.1) is 5.41 Å². The van der Waals surface area contributed by atoms with Crippen LogP contribution in [-0.2, 0) is 4.79 Å². The van der Waals surface area contributed by atoms with Crippen LogP contribution in [0.1, 0.15) is 25.3 Å². The van der Waals surface area contributed by atoms with E-state index >= 15 is 0 Å². The van der Waals surface area contributed by atoms with E-state index in [4.69, 9.17) is 11.6 Å². The lowest BCUT2D eigenvalue weighted by Gasteiger charge is -2.27. The molecule has 0 radical (unpaired) electrons. The van der Waals surface area contributed by atoms with Crippen molar-refractivity contribution in [3.63, 3.8) is 0 Å². The SMILES string of the molecule is CC(O)(C#Cc1ccccc1)C1(C(=O)Nc2ccc(Cl)cc2)CC1. The third-order valence-corrected chi connectivity index (χ3v) is 4.69. The highest BCUT2D eigenvalue weighted by molar-refractivity contribution is 6.30. The van der Waals surface area contributed by atoms with E-state index in [1.165, 1.54) is 0 Å². The molecule has 122 valence electrons. The van der Waals surface area contributed by atoms with E-state index in [1.54, 1.807) is 31.2 Å². The smallest absolute Gasteiger partial charge is 0.234 e. The quantitative estimate of drug-likeness (QED) is 0.834. The van der Waals surface area contributed by atoms with E-state index in [0.717, 1.165) is 5.56 Å². The molecule has 1 fully saturated rings. The molecule has 0 aliphatic heterocycles. The molecule has 1 atom stereocenters. The van der Waals surface area contributed by atoms with Crippen LogP contribution in [0.3, 0.4) is 0 Å². The van der Waals surface area contributed by atoms with Gasteiger partial charge in [0.1, 0.15) is 5.60 Å². The van der Waals surface area contributed by atoms with Gasteiger partial charge in [0.2, 0.25) is 5.91 Å². The van der Waals surface area contributed by atoms with Crippen molar-refractivity contribution in [1.29, 1.82) is 0 Å². The molecule has 0 spiro atoms. The number of rotatable bonds is 3. The molecule has 1 aliphatic rings. The summed E-state index contributed by atoms with van der Waals surface area (Å²) in [6, 6.07) is 16.3. The Kier molecular flexibility index (Phi) is 4.36. The zero-order valence-electron chi connectivity index (χ0n) is 13.3. The van der Waals surface area contributed by atoms with Gasteiger partial charge in [-0.1, -0.05) is 41.6 Å². The van der Waals surface area contributed by atoms with E-state index < -0.39 is 11.0 Å². The maximum absolute atomic E-state index is 12.7. The zero-order valence-corrected chi connectivity index (χ0v) is 14.1. The Hall–Kier alpha value is -2.28. The van der Waals surface area contributed by atoms with E-state index in [1.807, 2.05) is 30.3 Å². The van der Waals surface area contributed by atoms with E-state index in [9.17, 15) is 9.90 Å². The molecular weight excluding hydrogens is 322 g/mol. The fourth-order valence-corrected chi connectivity index (χ4v) is 2.80. The Balaban J connectivity index is 1.78. The summed E-state index contributed by atoms with van der Waals surface area (Å²) >= 11 is 5.85. The van der Waals surface area contributed by atoms with Crippen molar-refractivity contribution < 1.29 is 9.90 Å². The largest absolute Gasteiger partial charge is 0.377 e. The molecule has 1 amide bonds. The number of hydrogen-bond acceptors (Lipinski definition) is 2. The maximum atomic E-state index is 12.7. The van der Waals surface area contributed by atoms with Crippen LogP contribution in [0.25, 0.3) is 0 Å². The average Bonchev–Trinajstić information content (AvgIpc) is 3.39. The molecule has 0 saturated heterocycles. The van der Waals surface area contributed by atoms with Gasteiger partial charge >= 0.3 is 0 Å². The van der Waals surface area contributed by atoms with Crippen LogP contribution in [-0.4, -0.2) is 16.6 Å². The van der Waals surface area contributed by atoms with Crippen molar-refractivity contribution in [3.05, 3.63) is 65.2 Å². The average molecular weight is 340 g/mol. The molecule has 2 aromatic rings. The van der Waals surface area contributed by atoms with Gasteiger partial charge < -0.3 is 10.4 Å². The van der Waals surface area contributed by atoms with Gasteiger partial charge in [0.15, 0.2) is 0 Å². The molecule has 2 aromatic carbocycles. The number of carbonyl (C=O) groups excluding carboxylic acids is 1. The second-order valence-electron chi connectivity index (χ2n) is 6.23. The van der Waals surface area contributed by atoms with Crippen LogP contribution in [0.15, 0.2) is 54.6 Å².